The number of hydrogen-bond acceptors (Lipinski definition) is 2. The monoisotopic (exact) mass is 227 g/mol. The van der Waals surface area contributed by atoms with Gasteiger partial charge in [-0.05, 0) is 18.3 Å². The van der Waals surface area contributed by atoms with Crippen LogP contribution in [0.1, 0.15) is 59.3 Å². The van der Waals surface area contributed by atoms with Gasteiger partial charge in [-0.15, -0.1) is 0 Å². The molecule has 0 radical (unpaired) electrons. The summed E-state index contributed by atoms with van der Waals surface area (Å²) in [5, 5.41) is 12.9. The summed E-state index contributed by atoms with van der Waals surface area (Å²) in [6.45, 7) is 6.16. The second-order valence-electron chi connectivity index (χ2n) is 6.12. The second-order valence-corrected chi connectivity index (χ2v) is 6.12. The Morgan fingerprint density at radius 3 is 2.50 bits per heavy atom. The first-order valence-corrected chi connectivity index (χ1v) is 6.36. The summed E-state index contributed by atoms with van der Waals surface area (Å²) in [7, 11) is 0. The van der Waals surface area contributed by atoms with Gasteiger partial charge in [-0.1, -0.05) is 40.0 Å². The molecule has 3 heteroatoms. The fourth-order valence-electron chi connectivity index (χ4n) is 2.20. The average molecular weight is 227 g/mol. The van der Waals surface area contributed by atoms with Crippen molar-refractivity contribution in [1.29, 1.82) is 0 Å². The minimum absolute atomic E-state index is 0.0137. The highest BCUT2D eigenvalue weighted by atomic mass is 16.3. The normalized spacial score (nSPS) is 27.2. The topological polar surface area (TPSA) is 49.3 Å². The third kappa shape index (κ3) is 4.97. The Morgan fingerprint density at radius 1 is 1.25 bits per heavy atom. The first-order valence-electron chi connectivity index (χ1n) is 6.36. The van der Waals surface area contributed by atoms with Crippen molar-refractivity contribution in [2.45, 2.75) is 71.4 Å². The Hall–Kier alpha value is -0.570. The summed E-state index contributed by atoms with van der Waals surface area (Å²) in [5.41, 5.74) is 0.0137. The van der Waals surface area contributed by atoms with Gasteiger partial charge in [0.05, 0.1) is 12.1 Å². The van der Waals surface area contributed by atoms with Gasteiger partial charge in [0.15, 0.2) is 0 Å². The molecule has 0 bridgehead atoms. The van der Waals surface area contributed by atoms with Crippen LogP contribution in [0, 0.1) is 5.41 Å². The zero-order valence-electron chi connectivity index (χ0n) is 10.8. The van der Waals surface area contributed by atoms with Crippen molar-refractivity contribution in [3.05, 3.63) is 0 Å². The van der Waals surface area contributed by atoms with Crippen molar-refractivity contribution >= 4 is 5.91 Å². The van der Waals surface area contributed by atoms with Crippen LogP contribution in [-0.2, 0) is 4.79 Å². The predicted molar refractivity (Wildman–Crippen MR) is 65.1 cm³/mol. The lowest BCUT2D eigenvalue weighted by atomic mass is 9.91. The Bertz CT molecular complexity index is 233. The van der Waals surface area contributed by atoms with E-state index in [0.29, 0.717) is 6.42 Å². The molecular weight excluding hydrogens is 202 g/mol. The Labute approximate surface area is 98.6 Å². The number of carbonyl (C=O) groups excluding carboxylic acids is 1. The number of rotatable bonds is 2. The van der Waals surface area contributed by atoms with Crippen molar-refractivity contribution in [2.24, 2.45) is 5.41 Å². The Balaban J connectivity index is 2.42. The standard InChI is InChI=1S/C13H25NO2/c1-13(2,3)9-12(16)14-10-7-5-4-6-8-11(10)15/h10-11,15H,4-9H2,1-3H3,(H,14,16). The molecule has 0 aromatic carbocycles. The van der Waals surface area contributed by atoms with E-state index in [0.717, 1.165) is 25.7 Å². The van der Waals surface area contributed by atoms with Gasteiger partial charge >= 0.3 is 0 Å². The molecule has 1 aliphatic rings. The van der Waals surface area contributed by atoms with Crippen molar-refractivity contribution in [1.82, 2.24) is 5.32 Å². The highest BCUT2D eigenvalue weighted by molar-refractivity contribution is 5.76. The summed E-state index contributed by atoms with van der Waals surface area (Å²) < 4.78 is 0. The second kappa shape index (κ2) is 5.67. The Kier molecular flexibility index (Phi) is 4.78. The van der Waals surface area contributed by atoms with E-state index in [2.05, 4.69) is 26.1 Å². The summed E-state index contributed by atoms with van der Waals surface area (Å²) in [6.07, 6.45) is 5.26. The highest BCUT2D eigenvalue weighted by Crippen LogP contribution is 2.21. The largest absolute Gasteiger partial charge is 0.391 e. The van der Waals surface area contributed by atoms with E-state index >= 15 is 0 Å². The molecule has 2 unspecified atom stereocenters. The van der Waals surface area contributed by atoms with Crippen LogP contribution in [-0.4, -0.2) is 23.2 Å². The van der Waals surface area contributed by atoms with Crippen molar-refractivity contribution in [3.63, 3.8) is 0 Å². The van der Waals surface area contributed by atoms with E-state index in [1.165, 1.54) is 6.42 Å². The molecule has 0 aliphatic heterocycles. The van der Waals surface area contributed by atoms with E-state index < -0.39 is 0 Å². The molecule has 94 valence electrons. The van der Waals surface area contributed by atoms with Crippen LogP contribution in [0.2, 0.25) is 0 Å². The summed E-state index contributed by atoms with van der Waals surface area (Å²) in [5.74, 6) is 0.0680. The molecule has 1 rings (SSSR count). The van der Waals surface area contributed by atoms with Crippen molar-refractivity contribution < 1.29 is 9.90 Å². The van der Waals surface area contributed by atoms with Crippen LogP contribution in [0.3, 0.4) is 0 Å². The molecule has 2 atom stereocenters. The number of aliphatic hydroxyl groups excluding tert-OH is 1. The molecule has 1 saturated carbocycles. The summed E-state index contributed by atoms with van der Waals surface area (Å²) in [6, 6.07) is -0.0302. The van der Waals surface area contributed by atoms with E-state index in [1.54, 1.807) is 0 Å². The van der Waals surface area contributed by atoms with Gasteiger partial charge in [-0.3, -0.25) is 4.79 Å². The molecule has 16 heavy (non-hydrogen) atoms. The molecule has 0 heterocycles. The lowest BCUT2D eigenvalue weighted by molar-refractivity contribution is -0.124. The summed E-state index contributed by atoms with van der Waals surface area (Å²) in [4.78, 5) is 11.8. The smallest absolute Gasteiger partial charge is 0.220 e. The first-order chi connectivity index (χ1) is 7.38. The lowest BCUT2D eigenvalue weighted by Crippen LogP contribution is -2.43. The molecule has 0 aromatic rings. The fraction of sp³-hybridized carbons (Fsp3) is 0.923. The van der Waals surface area contributed by atoms with Gasteiger partial charge in [-0.25, -0.2) is 0 Å². The van der Waals surface area contributed by atoms with Gasteiger partial charge in [0.1, 0.15) is 0 Å². The molecule has 2 N–H and O–H groups in total. The van der Waals surface area contributed by atoms with Crippen LogP contribution < -0.4 is 5.32 Å². The SMILES string of the molecule is CC(C)(C)CC(=O)NC1CCCCCC1O. The van der Waals surface area contributed by atoms with Crippen molar-refractivity contribution in [3.8, 4) is 0 Å². The summed E-state index contributed by atoms with van der Waals surface area (Å²) >= 11 is 0. The van der Waals surface area contributed by atoms with Crippen molar-refractivity contribution in [2.75, 3.05) is 0 Å². The predicted octanol–water partition coefficient (Wildman–Crippen LogP) is 2.23. The minimum atomic E-state index is -0.355. The average Bonchev–Trinajstić information content (AvgIpc) is 2.29. The maximum atomic E-state index is 11.8. The van der Waals surface area contributed by atoms with E-state index in [9.17, 15) is 9.90 Å². The molecule has 0 aromatic heterocycles. The van der Waals surface area contributed by atoms with Gasteiger partial charge < -0.3 is 10.4 Å². The maximum Gasteiger partial charge on any atom is 0.220 e. The molecule has 3 nitrogen and oxygen atoms in total. The van der Waals surface area contributed by atoms with Crippen LogP contribution in [0.15, 0.2) is 0 Å². The molecule has 1 amide bonds. The maximum absolute atomic E-state index is 11.8. The first kappa shape index (κ1) is 13.5. The van der Waals surface area contributed by atoms with E-state index in [1.807, 2.05) is 0 Å². The third-order valence-electron chi connectivity index (χ3n) is 3.02. The van der Waals surface area contributed by atoms with Gasteiger partial charge in [0.2, 0.25) is 5.91 Å². The number of carbonyl (C=O) groups is 1. The highest BCUT2D eigenvalue weighted by Gasteiger charge is 2.24. The Morgan fingerprint density at radius 2 is 1.88 bits per heavy atom. The molecular formula is C13H25NO2. The lowest BCUT2D eigenvalue weighted by Gasteiger charge is -2.24. The number of hydrogen-bond donors (Lipinski definition) is 2. The van der Waals surface area contributed by atoms with Crippen LogP contribution in [0.5, 0.6) is 0 Å². The van der Waals surface area contributed by atoms with E-state index in [4.69, 9.17) is 0 Å². The molecule has 0 saturated heterocycles. The van der Waals surface area contributed by atoms with Gasteiger partial charge in [-0.2, -0.15) is 0 Å². The number of nitrogens with one attached hydrogen (secondary N) is 1. The van der Waals surface area contributed by atoms with Crippen LogP contribution >= 0.6 is 0 Å². The van der Waals surface area contributed by atoms with Crippen LogP contribution in [0.25, 0.3) is 0 Å². The minimum Gasteiger partial charge on any atom is -0.391 e. The molecule has 1 aliphatic carbocycles. The molecule has 1 fully saturated rings. The van der Waals surface area contributed by atoms with Crippen LogP contribution in [0.4, 0.5) is 0 Å². The zero-order valence-corrected chi connectivity index (χ0v) is 10.8. The number of amides is 1. The quantitative estimate of drug-likeness (QED) is 0.711. The number of aliphatic hydroxyl groups is 1. The van der Waals surface area contributed by atoms with E-state index in [-0.39, 0.29) is 23.5 Å². The zero-order chi connectivity index (χ0) is 12.2. The molecule has 0 spiro atoms. The fourth-order valence-corrected chi connectivity index (χ4v) is 2.20. The third-order valence-corrected chi connectivity index (χ3v) is 3.02. The van der Waals surface area contributed by atoms with Gasteiger partial charge in [0, 0.05) is 6.42 Å². The van der Waals surface area contributed by atoms with Gasteiger partial charge in [0.25, 0.3) is 0 Å².